The summed E-state index contributed by atoms with van der Waals surface area (Å²) in [6.07, 6.45) is 6.84. The van der Waals surface area contributed by atoms with Gasteiger partial charge in [-0.1, -0.05) is 29.3 Å². The average molecular weight is 382 g/mol. The van der Waals surface area contributed by atoms with E-state index < -0.39 is 0 Å². The molecule has 0 atom stereocenters. The molecule has 1 fully saturated rings. The van der Waals surface area contributed by atoms with Gasteiger partial charge in [0.05, 0.1) is 15.7 Å². The number of halogens is 2. The fourth-order valence-corrected chi connectivity index (χ4v) is 3.49. The summed E-state index contributed by atoms with van der Waals surface area (Å²) in [6.45, 7) is 3.91. The average Bonchev–Trinajstić information content (AvgIpc) is 2.61. The zero-order valence-corrected chi connectivity index (χ0v) is 15.3. The van der Waals surface area contributed by atoms with Gasteiger partial charge >= 0.3 is 0 Å². The molecule has 2 aromatic heterocycles. The standard InChI is InChI=1S/C16H17Cl2N5S/c17-13-10-20-11-14(18)15(13)22-4-6-23(7-5-22)16(24)21-9-12-2-1-3-19-8-12/h1-3,8,10-11H,4-7,9H2,(H,21,24). The van der Waals surface area contributed by atoms with Crippen LogP contribution in [0, 0.1) is 0 Å². The van der Waals surface area contributed by atoms with Crippen LogP contribution in [0.5, 0.6) is 0 Å². The van der Waals surface area contributed by atoms with Gasteiger partial charge in [-0.05, 0) is 23.8 Å². The quantitative estimate of drug-likeness (QED) is 0.824. The van der Waals surface area contributed by atoms with Crippen molar-refractivity contribution < 1.29 is 0 Å². The maximum Gasteiger partial charge on any atom is 0.169 e. The largest absolute Gasteiger partial charge is 0.365 e. The van der Waals surface area contributed by atoms with Gasteiger partial charge in [0, 0.05) is 57.5 Å². The molecule has 0 aromatic carbocycles. The van der Waals surface area contributed by atoms with Crippen molar-refractivity contribution in [3.63, 3.8) is 0 Å². The summed E-state index contributed by atoms with van der Waals surface area (Å²) in [4.78, 5) is 12.4. The first-order valence-corrected chi connectivity index (χ1v) is 8.77. The van der Waals surface area contributed by atoms with Gasteiger partial charge in [0.2, 0.25) is 0 Å². The Bertz CT molecular complexity index is 685. The predicted octanol–water partition coefficient (Wildman–Crippen LogP) is 2.98. The van der Waals surface area contributed by atoms with Crippen LogP contribution < -0.4 is 10.2 Å². The maximum atomic E-state index is 6.23. The fourth-order valence-electron chi connectivity index (χ4n) is 2.63. The lowest BCUT2D eigenvalue weighted by atomic mass is 10.2. The molecule has 24 heavy (non-hydrogen) atoms. The van der Waals surface area contributed by atoms with Crippen molar-refractivity contribution in [3.8, 4) is 0 Å². The third kappa shape index (κ3) is 4.06. The zero-order chi connectivity index (χ0) is 16.9. The van der Waals surface area contributed by atoms with Crippen LogP contribution in [0.1, 0.15) is 5.56 Å². The van der Waals surface area contributed by atoms with Crippen LogP contribution >= 0.6 is 35.4 Å². The van der Waals surface area contributed by atoms with Crippen LogP contribution in [-0.4, -0.2) is 46.2 Å². The Kier molecular flexibility index (Phi) is 5.71. The highest BCUT2D eigenvalue weighted by atomic mass is 35.5. The van der Waals surface area contributed by atoms with Crippen molar-refractivity contribution in [3.05, 3.63) is 52.5 Å². The zero-order valence-electron chi connectivity index (χ0n) is 13.0. The molecule has 0 amide bonds. The van der Waals surface area contributed by atoms with Crippen LogP contribution in [0.15, 0.2) is 36.9 Å². The molecule has 1 saturated heterocycles. The van der Waals surface area contributed by atoms with Gasteiger partial charge < -0.3 is 15.1 Å². The Morgan fingerprint density at radius 1 is 1.08 bits per heavy atom. The molecule has 1 aliphatic rings. The van der Waals surface area contributed by atoms with Gasteiger partial charge in [-0.3, -0.25) is 9.97 Å². The second-order valence-corrected chi connectivity index (χ2v) is 6.65. The summed E-state index contributed by atoms with van der Waals surface area (Å²) >= 11 is 18.0. The van der Waals surface area contributed by atoms with Gasteiger partial charge in [0.1, 0.15) is 0 Å². The lowest BCUT2D eigenvalue weighted by Gasteiger charge is -2.38. The number of nitrogens with one attached hydrogen (secondary N) is 1. The fraction of sp³-hybridized carbons (Fsp3) is 0.312. The van der Waals surface area contributed by atoms with E-state index in [2.05, 4.69) is 25.1 Å². The normalized spacial score (nSPS) is 14.6. The van der Waals surface area contributed by atoms with E-state index in [4.69, 9.17) is 35.4 Å². The minimum atomic E-state index is 0.577. The molecule has 8 heteroatoms. The lowest BCUT2D eigenvalue weighted by molar-refractivity contribution is 0.380. The maximum absolute atomic E-state index is 6.23. The number of hydrogen-bond donors (Lipinski definition) is 1. The van der Waals surface area contributed by atoms with Crippen molar-refractivity contribution in [2.24, 2.45) is 0 Å². The minimum Gasteiger partial charge on any atom is -0.365 e. The molecule has 5 nitrogen and oxygen atoms in total. The number of thiocarbonyl (C=S) groups is 1. The van der Waals surface area contributed by atoms with Crippen molar-refractivity contribution in [1.82, 2.24) is 20.2 Å². The second-order valence-electron chi connectivity index (χ2n) is 5.45. The highest BCUT2D eigenvalue weighted by molar-refractivity contribution is 7.80. The molecular formula is C16H17Cl2N5S. The van der Waals surface area contributed by atoms with Crippen molar-refractivity contribution >= 4 is 46.2 Å². The highest BCUT2D eigenvalue weighted by Crippen LogP contribution is 2.32. The molecule has 0 unspecified atom stereocenters. The number of nitrogens with zero attached hydrogens (tertiary/aromatic N) is 4. The van der Waals surface area contributed by atoms with Gasteiger partial charge in [-0.15, -0.1) is 0 Å². The SMILES string of the molecule is S=C(NCc1cccnc1)N1CCN(c2c(Cl)cncc2Cl)CC1. The Morgan fingerprint density at radius 2 is 1.79 bits per heavy atom. The van der Waals surface area contributed by atoms with E-state index in [1.165, 1.54) is 0 Å². The number of aromatic nitrogens is 2. The van der Waals surface area contributed by atoms with E-state index >= 15 is 0 Å². The van der Waals surface area contributed by atoms with Crippen LogP contribution in [-0.2, 0) is 6.54 Å². The molecular weight excluding hydrogens is 365 g/mol. The number of hydrogen-bond acceptors (Lipinski definition) is 4. The first kappa shape index (κ1) is 17.2. The molecule has 0 bridgehead atoms. The molecule has 0 radical (unpaired) electrons. The van der Waals surface area contributed by atoms with Crippen LogP contribution in [0.3, 0.4) is 0 Å². The number of pyridine rings is 2. The Balaban J connectivity index is 1.54. The van der Waals surface area contributed by atoms with E-state index in [0.29, 0.717) is 16.6 Å². The van der Waals surface area contributed by atoms with Crippen molar-refractivity contribution in [2.45, 2.75) is 6.54 Å². The van der Waals surface area contributed by atoms with E-state index in [-0.39, 0.29) is 0 Å². The Hall–Kier alpha value is -1.63. The molecule has 126 valence electrons. The molecule has 0 spiro atoms. The topological polar surface area (TPSA) is 44.3 Å². The molecule has 2 aromatic rings. The number of piperazine rings is 1. The molecule has 1 aliphatic heterocycles. The van der Waals surface area contributed by atoms with Crippen molar-refractivity contribution in [1.29, 1.82) is 0 Å². The van der Waals surface area contributed by atoms with Gasteiger partial charge in [-0.25, -0.2) is 0 Å². The molecule has 0 aliphatic carbocycles. The summed E-state index contributed by atoms with van der Waals surface area (Å²) in [7, 11) is 0. The van der Waals surface area contributed by atoms with Crippen LogP contribution in [0.25, 0.3) is 0 Å². The predicted molar refractivity (Wildman–Crippen MR) is 102 cm³/mol. The summed E-state index contributed by atoms with van der Waals surface area (Å²) in [5.41, 5.74) is 1.95. The van der Waals surface area contributed by atoms with E-state index in [1.807, 2.05) is 18.3 Å². The summed E-state index contributed by atoms with van der Waals surface area (Å²) in [5, 5.41) is 5.19. The second kappa shape index (κ2) is 7.96. The first-order valence-electron chi connectivity index (χ1n) is 7.61. The summed E-state index contributed by atoms with van der Waals surface area (Å²) in [5.74, 6) is 0. The molecule has 3 heterocycles. The van der Waals surface area contributed by atoms with Crippen LogP contribution in [0.4, 0.5) is 5.69 Å². The lowest BCUT2D eigenvalue weighted by Crippen LogP contribution is -2.51. The van der Waals surface area contributed by atoms with E-state index in [0.717, 1.165) is 42.5 Å². The number of anilines is 1. The minimum absolute atomic E-state index is 0.577. The smallest absolute Gasteiger partial charge is 0.169 e. The first-order chi connectivity index (χ1) is 11.6. The molecule has 0 saturated carbocycles. The summed E-state index contributed by atoms with van der Waals surface area (Å²) in [6, 6.07) is 3.94. The van der Waals surface area contributed by atoms with E-state index in [9.17, 15) is 0 Å². The van der Waals surface area contributed by atoms with E-state index in [1.54, 1.807) is 18.6 Å². The monoisotopic (exact) mass is 381 g/mol. The van der Waals surface area contributed by atoms with Gasteiger partial charge in [0.25, 0.3) is 0 Å². The van der Waals surface area contributed by atoms with Crippen LogP contribution in [0.2, 0.25) is 10.0 Å². The highest BCUT2D eigenvalue weighted by Gasteiger charge is 2.22. The summed E-state index contributed by atoms with van der Waals surface area (Å²) < 4.78 is 0. The number of rotatable bonds is 3. The Labute approximate surface area is 156 Å². The third-order valence-electron chi connectivity index (χ3n) is 3.88. The third-order valence-corrected chi connectivity index (χ3v) is 4.83. The molecule has 1 N–H and O–H groups in total. The van der Waals surface area contributed by atoms with Gasteiger partial charge in [0.15, 0.2) is 5.11 Å². The molecule has 3 rings (SSSR count). The van der Waals surface area contributed by atoms with Crippen molar-refractivity contribution in [2.75, 3.05) is 31.1 Å². The Morgan fingerprint density at radius 3 is 2.42 bits per heavy atom. The van der Waals surface area contributed by atoms with Gasteiger partial charge in [-0.2, -0.15) is 0 Å².